The molecule has 0 saturated heterocycles. The van der Waals surface area contributed by atoms with Crippen LogP contribution < -0.4 is 16.0 Å². The van der Waals surface area contributed by atoms with E-state index in [2.05, 4.69) is 20.9 Å². The van der Waals surface area contributed by atoms with Crippen molar-refractivity contribution in [2.45, 2.75) is 24.8 Å². The van der Waals surface area contributed by atoms with E-state index in [1.54, 1.807) is 31.3 Å². The average Bonchev–Trinajstić information content (AvgIpc) is 2.71. The van der Waals surface area contributed by atoms with Crippen LogP contribution in [0, 0.1) is 0 Å². The first kappa shape index (κ1) is 25.9. The second-order valence-electron chi connectivity index (χ2n) is 6.58. The van der Waals surface area contributed by atoms with Crippen LogP contribution in [-0.2, 0) is 22.8 Å². The smallest absolute Gasteiger partial charge is 0.251 e. The minimum absolute atomic E-state index is 0. The zero-order valence-electron chi connectivity index (χ0n) is 17.4. The Kier molecular flexibility index (Phi) is 10.8. The molecule has 1 amide bonds. The summed E-state index contributed by atoms with van der Waals surface area (Å²) in [6.07, 6.45) is 1.94. The Morgan fingerprint density at radius 2 is 1.53 bits per heavy atom. The summed E-state index contributed by atoms with van der Waals surface area (Å²) in [6.45, 7) is 3.73. The summed E-state index contributed by atoms with van der Waals surface area (Å²) >= 11 is 0. The third-order valence-electron chi connectivity index (χ3n) is 4.29. The molecule has 2 rings (SSSR count). The first-order chi connectivity index (χ1) is 13.8. The predicted octanol–water partition coefficient (Wildman–Crippen LogP) is 2.37. The summed E-state index contributed by atoms with van der Waals surface area (Å²) in [6, 6.07) is 14.3. The van der Waals surface area contributed by atoms with Crippen molar-refractivity contribution in [2.24, 2.45) is 4.99 Å². The SMILES string of the molecule is CCNC(=O)c1ccc(CNC(=NC)NCCc2ccc(S(C)(=O)=O)cc2)cc1.I. The number of carbonyl (C=O) groups excluding carboxylic acids is 1. The van der Waals surface area contributed by atoms with Crippen molar-refractivity contribution >= 4 is 45.7 Å². The van der Waals surface area contributed by atoms with Crippen LogP contribution in [0.2, 0.25) is 0 Å². The fraction of sp³-hybridized carbons (Fsp3) is 0.333. The maximum absolute atomic E-state index is 11.8. The van der Waals surface area contributed by atoms with Gasteiger partial charge in [0.1, 0.15) is 0 Å². The Hall–Kier alpha value is -2.14. The van der Waals surface area contributed by atoms with E-state index in [4.69, 9.17) is 0 Å². The topological polar surface area (TPSA) is 99.7 Å². The number of nitrogens with zero attached hydrogens (tertiary/aromatic N) is 1. The highest BCUT2D eigenvalue weighted by Gasteiger charge is 2.06. The zero-order chi connectivity index (χ0) is 21.3. The summed E-state index contributed by atoms with van der Waals surface area (Å²) in [5.74, 6) is 0.597. The summed E-state index contributed by atoms with van der Waals surface area (Å²) in [5.41, 5.74) is 2.72. The first-order valence-corrected chi connectivity index (χ1v) is 11.3. The minimum Gasteiger partial charge on any atom is -0.356 e. The maximum atomic E-state index is 11.8. The molecule has 2 aromatic carbocycles. The van der Waals surface area contributed by atoms with Crippen molar-refractivity contribution in [2.75, 3.05) is 26.4 Å². The largest absolute Gasteiger partial charge is 0.356 e. The van der Waals surface area contributed by atoms with Crippen molar-refractivity contribution in [3.63, 3.8) is 0 Å². The van der Waals surface area contributed by atoms with E-state index in [0.717, 1.165) is 17.5 Å². The first-order valence-electron chi connectivity index (χ1n) is 9.44. The fourth-order valence-electron chi connectivity index (χ4n) is 2.67. The second-order valence-corrected chi connectivity index (χ2v) is 8.59. The average molecular weight is 544 g/mol. The van der Waals surface area contributed by atoms with Gasteiger partial charge in [0.25, 0.3) is 5.91 Å². The van der Waals surface area contributed by atoms with E-state index in [1.807, 2.05) is 31.2 Å². The molecule has 0 fully saturated rings. The van der Waals surface area contributed by atoms with Gasteiger partial charge in [0.15, 0.2) is 15.8 Å². The molecule has 0 radical (unpaired) electrons. The number of sulfone groups is 1. The third kappa shape index (κ3) is 8.31. The van der Waals surface area contributed by atoms with Gasteiger partial charge in [0, 0.05) is 38.5 Å². The molecule has 0 aliphatic rings. The number of aliphatic imine (C=N–C) groups is 1. The Balaban J connectivity index is 0.00000450. The van der Waals surface area contributed by atoms with Gasteiger partial charge in [-0.3, -0.25) is 9.79 Å². The van der Waals surface area contributed by atoms with E-state index in [1.165, 1.54) is 6.26 Å². The summed E-state index contributed by atoms with van der Waals surface area (Å²) in [5, 5.41) is 9.24. The molecule has 0 atom stereocenters. The highest BCUT2D eigenvalue weighted by atomic mass is 127. The standard InChI is InChI=1S/C21H28N4O3S.HI/c1-4-23-20(26)18-9-5-17(6-10-18)15-25-21(22-2)24-14-13-16-7-11-19(12-8-16)29(3,27)28;/h5-12H,4,13-15H2,1-3H3,(H,23,26)(H2,22,24,25);1H. The van der Waals surface area contributed by atoms with Crippen molar-refractivity contribution in [3.8, 4) is 0 Å². The normalized spacial score (nSPS) is 11.4. The van der Waals surface area contributed by atoms with Crippen LogP contribution in [0.25, 0.3) is 0 Å². The van der Waals surface area contributed by atoms with E-state index in [-0.39, 0.29) is 29.9 Å². The van der Waals surface area contributed by atoms with E-state index < -0.39 is 9.84 Å². The van der Waals surface area contributed by atoms with Gasteiger partial charge in [-0.15, -0.1) is 24.0 Å². The summed E-state index contributed by atoms with van der Waals surface area (Å²) < 4.78 is 23.0. The van der Waals surface area contributed by atoms with Crippen LogP contribution in [0.15, 0.2) is 58.4 Å². The van der Waals surface area contributed by atoms with Crippen LogP contribution in [0.3, 0.4) is 0 Å². The number of carbonyl (C=O) groups is 1. The van der Waals surface area contributed by atoms with Crippen molar-refractivity contribution < 1.29 is 13.2 Å². The quantitative estimate of drug-likeness (QED) is 0.269. The fourth-order valence-corrected chi connectivity index (χ4v) is 3.30. The molecular weight excluding hydrogens is 515 g/mol. The number of hydrogen-bond donors (Lipinski definition) is 3. The van der Waals surface area contributed by atoms with Crippen LogP contribution in [0.1, 0.15) is 28.4 Å². The van der Waals surface area contributed by atoms with Gasteiger partial charge in [-0.05, 0) is 48.7 Å². The van der Waals surface area contributed by atoms with Crippen molar-refractivity contribution in [1.82, 2.24) is 16.0 Å². The molecule has 0 saturated carbocycles. The van der Waals surface area contributed by atoms with Gasteiger partial charge in [0.2, 0.25) is 0 Å². The Labute approximate surface area is 195 Å². The molecule has 0 heterocycles. The molecule has 3 N–H and O–H groups in total. The van der Waals surface area contributed by atoms with Gasteiger partial charge in [-0.25, -0.2) is 8.42 Å². The van der Waals surface area contributed by atoms with Crippen LogP contribution in [0.5, 0.6) is 0 Å². The predicted molar refractivity (Wildman–Crippen MR) is 131 cm³/mol. The Bertz CT molecular complexity index is 943. The molecule has 0 aromatic heterocycles. The second kappa shape index (κ2) is 12.5. The highest BCUT2D eigenvalue weighted by Crippen LogP contribution is 2.10. The summed E-state index contributed by atoms with van der Waals surface area (Å²) in [4.78, 5) is 16.3. The van der Waals surface area contributed by atoms with Crippen molar-refractivity contribution in [1.29, 1.82) is 0 Å². The number of nitrogens with one attached hydrogen (secondary N) is 3. The van der Waals surface area contributed by atoms with Gasteiger partial charge in [0.05, 0.1) is 4.90 Å². The molecule has 0 spiro atoms. The Morgan fingerprint density at radius 3 is 2.07 bits per heavy atom. The van der Waals surface area contributed by atoms with Gasteiger partial charge in [-0.2, -0.15) is 0 Å². The number of rotatable bonds is 8. The lowest BCUT2D eigenvalue weighted by Gasteiger charge is -2.12. The molecule has 0 aliphatic carbocycles. The lowest BCUT2D eigenvalue weighted by atomic mass is 10.1. The lowest BCUT2D eigenvalue weighted by molar-refractivity contribution is 0.0956. The number of hydrogen-bond acceptors (Lipinski definition) is 4. The van der Waals surface area contributed by atoms with Crippen LogP contribution in [-0.4, -0.2) is 46.7 Å². The van der Waals surface area contributed by atoms with E-state index in [9.17, 15) is 13.2 Å². The molecule has 7 nitrogen and oxygen atoms in total. The molecule has 30 heavy (non-hydrogen) atoms. The van der Waals surface area contributed by atoms with Gasteiger partial charge >= 0.3 is 0 Å². The van der Waals surface area contributed by atoms with E-state index in [0.29, 0.717) is 36.1 Å². The number of guanidine groups is 1. The third-order valence-corrected chi connectivity index (χ3v) is 5.42. The molecular formula is C21H29IN4O3S. The van der Waals surface area contributed by atoms with Crippen LogP contribution >= 0.6 is 24.0 Å². The Morgan fingerprint density at radius 1 is 0.933 bits per heavy atom. The maximum Gasteiger partial charge on any atom is 0.251 e. The van der Waals surface area contributed by atoms with Gasteiger partial charge in [-0.1, -0.05) is 24.3 Å². The monoisotopic (exact) mass is 544 g/mol. The summed E-state index contributed by atoms with van der Waals surface area (Å²) in [7, 11) is -1.47. The van der Waals surface area contributed by atoms with Gasteiger partial charge < -0.3 is 16.0 Å². The number of benzene rings is 2. The molecule has 0 unspecified atom stereocenters. The zero-order valence-corrected chi connectivity index (χ0v) is 20.6. The molecule has 2 aromatic rings. The lowest BCUT2D eigenvalue weighted by Crippen LogP contribution is -2.37. The number of halogens is 1. The minimum atomic E-state index is -3.17. The molecule has 9 heteroatoms. The number of amides is 1. The molecule has 164 valence electrons. The molecule has 0 bridgehead atoms. The molecule has 0 aliphatic heterocycles. The van der Waals surface area contributed by atoms with E-state index >= 15 is 0 Å². The van der Waals surface area contributed by atoms with Crippen LogP contribution in [0.4, 0.5) is 0 Å². The highest BCUT2D eigenvalue weighted by molar-refractivity contribution is 14.0. The van der Waals surface area contributed by atoms with Crippen molar-refractivity contribution in [3.05, 3.63) is 65.2 Å².